The van der Waals surface area contributed by atoms with Crippen LogP contribution in [-0.2, 0) is 4.79 Å². The molecule has 0 unspecified atom stereocenters. The molecule has 1 rings (SSSR count). The van der Waals surface area contributed by atoms with Crippen molar-refractivity contribution in [2.75, 3.05) is 0 Å². The lowest BCUT2D eigenvalue weighted by atomic mass is 9.95. The summed E-state index contributed by atoms with van der Waals surface area (Å²) in [5, 5.41) is 0. The van der Waals surface area contributed by atoms with Crippen molar-refractivity contribution in [3.8, 4) is 0 Å². The molecule has 0 N–H and O–H groups in total. The predicted octanol–water partition coefficient (Wildman–Crippen LogP) is 2.71. The standard InChI is InChI=1S/C13H16O2/c1-8(2)12(14)13(15)11-6-5-9(3)7-10(11)4/h5-8H,1-4H3. The summed E-state index contributed by atoms with van der Waals surface area (Å²) in [6, 6.07) is 5.50. The first-order chi connectivity index (χ1) is 6.93. The van der Waals surface area contributed by atoms with Gasteiger partial charge >= 0.3 is 0 Å². The Hall–Kier alpha value is -1.44. The van der Waals surface area contributed by atoms with Crippen molar-refractivity contribution < 1.29 is 9.59 Å². The predicted molar refractivity (Wildman–Crippen MR) is 60.1 cm³/mol. The van der Waals surface area contributed by atoms with Gasteiger partial charge in [-0.1, -0.05) is 37.6 Å². The van der Waals surface area contributed by atoms with E-state index in [1.54, 1.807) is 19.9 Å². The molecule has 0 spiro atoms. The van der Waals surface area contributed by atoms with Crippen LogP contribution in [0.5, 0.6) is 0 Å². The van der Waals surface area contributed by atoms with Gasteiger partial charge in [0.05, 0.1) is 0 Å². The SMILES string of the molecule is Cc1ccc(C(=O)C(=O)C(C)C)c(C)c1. The average Bonchev–Trinajstić information content (AvgIpc) is 2.15. The third kappa shape index (κ3) is 2.52. The number of hydrogen-bond acceptors (Lipinski definition) is 2. The normalized spacial score (nSPS) is 10.5. The zero-order valence-electron chi connectivity index (χ0n) is 9.63. The number of carbonyl (C=O) groups is 2. The molecule has 0 aromatic heterocycles. The third-order valence-electron chi connectivity index (χ3n) is 2.37. The number of aryl methyl sites for hydroxylation is 2. The van der Waals surface area contributed by atoms with Gasteiger partial charge in [-0.3, -0.25) is 9.59 Å². The molecule has 0 amide bonds. The molecular formula is C13H16O2. The van der Waals surface area contributed by atoms with Crippen molar-refractivity contribution in [3.63, 3.8) is 0 Å². The molecule has 0 saturated carbocycles. The van der Waals surface area contributed by atoms with Gasteiger partial charge in [0.25, 0.3) is 0 Å². The number of benzene rings is 1. The molecule has 0 bridgehead atoms. The molecule has 0 aliphatic carbocycles. The van der Waals surface area contributed by atoms with Crippen molar-refractivity contribution in [1.82, 2.24) is 0 Å². The highest BCUT2D eigenvalue weighted by molar-refractivity contribution is 6.44. The Morgan fingerprint density at radius 2 is 1.73 bits per heavy atom. The summed E-state index contributed by atoms with van der Waals surface area (Å²) in [5.74, 6) is -0.928. The van der Waals surface area contributed by atoms with E-state index in [0.29, 0.717) is 5.56 Å². The average molecular weight is 204 g/mol. The van der Waals surface area contributed by atoms with E-state index in [4.69, 9.17) is 0 Å². The first kappa shape index (κ1) is 11.6. The van der Waals surface area contributed by atoms with Gasteiger partial charge in [0.15, 0.2) is 0 Å². The van der Waals surface area contributed by atoms with Gasteiger partial charge in [0, 0.05) is 11.5 Å². The minimum Gasteiger partial charge on any atom is -0.290 e. The number of ketones is 2. The quantitative estimate of drug-likeness (QED) is 0.560. The number of Topliss-reactive ketones (excluding diaryl/α,β-unsaturated/α-hetero) is 2. The molecule has 80 valence electrons. The van der Waals surface area contributed by atoms with E-state index in [1.165, 1.54) is 0 Å². The van der Waals surface area contributed by atoms with Crippen molar-refractivity contribution in [2.24, 2.45) is 5.92 Å². The Morgan fingerprint density at radius 1 is 1.13 bits per heavy atom. The smallest absolute Gasteiger partial charge is 0.229 e. The topological polar surface area (TPSA) is 34.1 Å². The summed E-state index contributed by atoms with van der Waals surface area (Å²) in [4.78, 5) is 23.3. The van der Waals surface area contributed by atoms with Gasteiger partial charge in [0.1, 0.15) is 0 Å². The van der Waals surface area contributed by atoms with Crippen molar-refractivity contribution in [2.45, 2.75) is 27.7 Å². The third-order valence-corrected chi connectivity index (χ3v) is 2.37. The maximum atomic E-state index is 11.8. The first-order valence-corrected chi connectivity index (χ1v) is 5.09. The zero-order chi connectivity index (χ0) is 11.6. The van der Waals surface area contributed by atoms with Gasteiger partial charge in [-0.2, -0.15) is 0 Å². The van der Waals surface area contributed by atoms with Crippen molar-refractivity contribution in [3.05, 3.63) is 34.9 Å². The van der Waals surface area contributed by atoms with Crippen LogP contribution in [0.3, 0.4) is 0 Å². The maximum absolute atomic E-state index is 11.8. The number of hydrogen-bond donors (Lipinski definition) is 0. The molecular weight excluding hydrogens is 188 g/mol. The summed E-state index contributed by atoms with van der Waals surface area (Å²) < 4.78 is 0. The van der Waals surface area contributed by atoms with Crippen LogP contribution in [0.15, 0.2) is 18.2 Å². The molecule has 0 saturated heterocycles. The minimum absolute atomic E-state index is 0.238. The van der Waals surface area contributed by atoms with Gasteiger partial charge in [-0.25, -0.2) is 0 Å². The first-order valence-electron chi connectivity index (χ1n) is 5.09. The van der Waals surface area contributed by atoms with Crippen LogP contribution in [0.25, 0.3) is 0 Å². The highest BCUT2D eigenvalue weighted by Gasteiger charge is 2.20. The zero-order valence-corrected chi connectivity index (χ0v) is 9.63. The van der Waals surface area contributed by atoms with E-state index in [9.17, 15) is 9.59 Å². The lowest BCUT2D eigenvalue weighted by molar-refractivity contribution is -0.117. The monoisotopic (exact) mass is 204 g/mol. The molecule has 2 heteroatoms. The number of rotatable bonds is 3. The second kappa shape index (κ2) is 4.39. The molecule has 0 radical (unpaired) electrons. The van der Waals surface area contributed by atoms with Crippen LogP contribution in [0, 0.1) is 19.8 Å². The van der Waals surface area contributed by atoms with Crippen LogP contribution in [0.4, 0.5) is 0 Å². The lowest BCUT2D eigenvalue weighted by Crippen LogP contribution is -2.20. The Bertz CT molecular complexity index is 403. The largest absolute Gasteiger partial charge is 0.290 e. The molecule has 0 heterocycles. The summed E-state index contributed by atoms with van der Waals surface area (Å²) in [6.07, 6.45) is 0. The summed E-state index contributed by atoms with van der Waals surface area (Å²) in [6.45, 7) is 7.30. The van der Waals surface area contributed by atoms with Gasteiger partial charge in [-0.05, 0) is 19.4 Å². The second-order valence-electron chi connectivity index (χ2n) is 4.17. The van der Waals surface area contributed by atoms with E-state index in [1.807, 2.05) is 26.0 Å². The van der Waals surface area contributed by atoms with E-state index in [2.05, 4.69) is 0 Å². The molecule has 0 aliphatic heterocycles. The highest BCUT2D eigenvalue weighted by atomic mass is 16.2. The van der Waals surface area contributed by atoms with Gasteiger partial charge in [-0.15, -0.1) is 0 Å². The van der Waals surface area contributed by atoms with E-state index in [0.717, 1.165) is 11.1 Å². The Balaban J connectivity index is 3.07. The highest BCUT2D eigenvalue weighted by Crippen LogP contribution is 2.13. The molecule has 2 nitrogen and oxygen atoms in total. The van der Waals surface area contributed by atoms with Gasteiger partial charge < -0.3 is 0 Å². The molecule has 15 heavy (non-hydrogen) atoms. The lowest BCUT2D eigenvalue weighted by Gasteiger charge is -2.06. The fraction of sp³-hybridized carbons (Fsp3) is 0.385. The van der Waals surface area contributed by atoms with Crippen LogP contribution in [-0.4, -0.2) is 11.6 Å². The fourth-order valence-corrected chi connectivity index (χ4v) is 1.46. The fourth-order valence-electron chi connectivity index (χ4n) is 1.46. The van der Waals surface area contributed by atoms with Crippen LogP contribution >= 0.6 is 0 Å². The Morgan fingerprint density at radius 3 is 2.20 bits per heavy atom. The summed E-state index contributed by atoms with van der Waals surface area (Å²) in [5.41, 5.74) is 2.49. The number of carbonyl (C=O) groups excluding carboxylic acids is 2. The maximum Gasteiger partial charge on any atom is 0.229 e. The summed E-state index contributed by atoms with van der Waals surface area (Å²) >= 11 is 0. The van der Waals surface area contributed by atoms with Gasteiger partial charge in [0.2, 0.25) is 11.6 Å². The van der Waals surface area contributed by atoms with E-state index in [-0.39, 0.29) is 17.5 Å². The second-order valence-corrected chi connectivity index (χ2v) is 4.17. The Labute approximate surface area is 90.3 Å². The van der Waals surface area contributed by atoms with E-state index < -0.39 is 0 Å². The van der Waals surface area contributed by atoms with Crippen molar-refractivity contribution >= 4 is 11.6 Å². The Kier molecular flexibility index (Phi) is 3.40. The molecule has 0 aliphatic rings. The van der Waals surface area contributed by atoms with Crippen LogP contribution in [0.2, 0.25) is 0 Å². The van der Waals surface area contributed by atoms with Crippen LogP contribution < -0.4 is 0 Å². The molecule has 1 aromatic rings. The van der Waals surface area contributed by atoms with E-state index >= 15 is 0 Å². The van der Waals surface area contributed by atoms with Crippen LogP contribution in [0.1, 0.15) is 35.3 Å². The molecule has 1 aromatic carbocycles. The molecule has 0 atom stereocenters. The molecule has 0 fully saturated rings. The summed E-state index contributed by atoms with van der Waals surface area (Å²) in [7, 11) is 0. The minimum atomic E-state index is -0.373. The van der Waals surface area contributed by atoms with Crippen molar-refractivity contribution in [1.29, 1.82) is 0 Å².